The largest absolute Gasteiger partial charge is 0.382 e. The van der Waals surface area contributed by atoms with Crippen molar-refractivity contribution in [2.24, 2.45) is 0 Å². The summed E-state index contributed by atoms with van der Waals surface area (Å²) < 4.78 is 1.55. The van der Waals surface area contributed by atoms with Crippen LogP contribution >= 0.6 is 11.6 Å². The van der Waals surface area contributed by atoms with Gasteiger partial charge >= 0.3 is 0 Å². The van der Waals surface area contributed by atoms with E-state index in [0.29, 0.717) is 10.6 Å². The lowest BCUT2D eigenvalue weighted by atomic mass is 9.90. The van der Waals surface area contributed by atoms with Gasteiger partial charge < -0.3 is 5.11 Å². The highest BCUT2D eigenvalue weighted by Crippen LogP contribution is 2.27. The number of hydrogen-bond acceptors (Lipinski definition) is 3. The van der Waals surface area contributed by atoms with Crippen LogP contribution in [0.3, 0.4) is 0 Å². The first-order chi connectivity index (χ1) is 8.64. The van der Waals surface area contributed by atoms with E-state index in [-0.39, 0.29) is 13.0 Å². The zero-order valence-corrected chi connectivity index (χ0v) is 10.4. The Balaban J connectivity index is 2.31. The van der Waals surface area contributed by atoms with Crippen molar-refractivity contribution in [3.63, 3.8) is 0 Å². The zero-order valence-electron chi connectivity index (χ0n) is 9.62. The molecule has 0 bridgehead atoms. The average Bonchev–Trinajstić information content (AvgIpc) is 2.82. The molecule has 0 saturated heterocycles. The smallest absolute Gasteiger partial charge is 0.137 e. The lowest BCUT2D eigenvalue weighted by molar-refractivity contribution is 0.0199. The van der Waals surface area contributed by atoms with Crippen LogP contribution in [0.25, 0.3) is 0 Å². The van der Waals surface area contributed by atoms with Crippen LogP contribution in [0.1, 0.15) is 12.0 Å². The summed E-state index contributed by atoms with van der Waals surface area (Å²) in [6, 6.07) is 6.96. The fourth-order valence-electron chi connectivity index (χ4n) is 1.76. The SMILES string of the molecule is C#CCC(O)(Cn1cncn1)c1ccc(Cl)cc1. The summed E-state index contributed by atoms with van der Waals surface area (Å²) in [7, 11) is 0. The number of aliphatic hydroxyl groups is 1. The maximum Gasteiger partial charge on any atom is 0.137 e. The number of terminal acetylenes is 1. The normalized spacial score (nSPS) is 13.8. The van der Waals surface area contributed by atoms with Crippen molar-refractivity contribution in [3.05, 3.63) is 47.5 Å². The van der Waals surface area contributed by atoms with E-state index in [0.717, 1.165) is 0 Å². The molecule has 1 aromatic carbocycles. The van der Waals surface area contributed by atoms with Gasteiger partial charge in [0.05, 0.1) is 6.54 Å². The summed E-state index contributed by atoms with van der Waals surface area (Å²) in [5, 5.41) is 15.3. The second-order valence-electron chi connectivity index (χ2n) is 4.01. The van der Waals surface area contributed by atoms with Crippen LogP contribution in [0.4, 0.5) is 0 Å². The molecule has 1 N–H and O–H groups in total. The van der Waals surface area contributed by atoms with E-state index in [1.165, 1.54) is 12.7 Å². The average molecular weight is 262 g/mol. The molecular weight excluding hydrogens is 250 g/mol. The molecule has 18 heavy (non-hydrogen) atoms. The molecule has 1 unspecified atom stereocenters. The van der Waals surface area contributed by atoms with Crippen LogP contribution in [-0.2, 0) is 12.1 Å². The summed E-state index contributed by atoms with van der Waals surface area (Å²) in [5.41, 5.74) is -0.465. The minimum Gasteiger partial charge on any atom is -0.382 e. The lowest BCUT2D eigenvalue weighted by Gasteiger charge is -2.26. The lowest BCUT2D eigenvalue weighted by Crippen LogP contribution is -2.31. The maximum absolute atomic E-state index is 10.7. The van der Waals surface area contributed by atoms with Gasteiger partial charge in [-0.1, -0.05) is 23.7 Å². The number of rotatable bonds is 4. The first-order valence-electron chi connectivity index (χ1n) is 5.38. The number of halogens is 1. The van der Waals surface area contributed by atoms with Crippen molar-refractivity contribution in [3.8, 4) is 12.3 Å². The van der Waals surface area contributed by atoms with Crippen LogP contribution in [0.2, 0.25) is 5.02 Å². The Morgan fingerprint density at radius 3 is 2.67 bits per heavy atom. The number of nitrogens with zero attached hydrogens (tertiary/aromatic N) is 3. The molecule has 0 aliphatic carbocycles. The molecule has 2 rings (SSSR count). The van der Waals surface area contributed by atoms with Crippen molar-refractivity contribution >= 4 is 11.6 Å². The molecule has 1 heterocycles. The van der Waals surface area contributed by atoms with Gasteiger partial charge in [-0.25, -0.2) is 9.67 Å². The molecule has 4 nitrogen and oxygen atoms in total. The molecule has 0 spiro atoms. The van der Waals surface area contributed by atoms with Gasteiger partial charge in [0.15, 0.2) is 0 Å². The van der Waals surface area contributed by atoms with Crippen molar-refractivity contribution in [2.45, 2.75) is 18.6 Å². The minimum atomic E-state index is -1.17. The molecule has 0 aliphatic heterocycles. The first kappa shape index (κ1) is 12.6. The van der Waals surface area contributed by atoms with E-state index in [9.17, 15) is 5.11 Å². The Labute approximate surface area is 110 Å². The third-order valence-electron chi connectivity index (χ3n) is 2.67. The highest BCUT2D eigenvalue weighted by atomic mass is 35.5. The topological polar surface area (TPSA) is 50.9 Å². The fourth-order valence-corrected chi connectivity index (χ4v) is 1.89. The zero-order chi connectivity index (χ0) is 13.0. The summed E-state index contributed by atoms with van der Waals surface area (Å²) in [5.74, 6) is 2.49. The van der Waals surface area contributed by atoms with Crippen LogP contribution in [0.15, 0.2) is 36.9 Å². The molecule has 1 aromatic heterocycles. The van der Waals surface area contributed by atoms with E-state index in [2.05, 4.69) is 16.0 Å². The fraction of sp³-hybridized carbons (Fsp3) is 0.231. The number of hydrogen-bond donors (Lipinski definition) is 1. The van der Waals surface area contributed by atoms with Crippen molar-refractivity contribution < 1.29 is 5.11 Å². The molecular formula is C13H12ClN3O. The van der Waals surface area contributed by atoms with E-state index in [1.807, 2.05) is 0 Å². The number of aromatic nitrogens is 3. The van der Waals surface area contributed by atoms with Gasteiger partial charge in [0.1, 0.15) is 18.3 Å². The third-order valence-corrected chi connectivity index (χ3v) is 2.92. The van der Waals surface area contributed by atoms with E-state index in [4.69, 9.17) is 18.0 Å². The Bertz CT molecular complexity index is 545. The van der Waals surface area contributed by atoms with Gasteiger partial charge in [-0.05, 0) is 17.7 Å². The van der Waals surface area contributed by atoms with Crippen molar-refractivity contribution in [1.29, 1.82) is 0 Å². The Morgan fingerprint density at radius 2 is 2.11 bits per heavy atom. The third kappa shape index (κ3) is 2.70. The number of benzene rings is 1. The summed E-state index contributed by atoms with van der Waals surface area (Å²) in [6.07, 6.45) is 8.47. The second kappa shape index (κ2) is 5.21. The quantitative estimate of drug-likeness (QED) is 0.855. The first-order valence-corrected chi connectivity index (χ1v) is 5.76. The van der Waals surface area contributed by atoms with Gasteiger partial charge in [-0.15, -0.1) is 12.3 Å². The molecule has 0 radical (unpaired) electrons. The monoisotopic (exact) mass is 261 g/mol. The van der Waals surface area contributed by atoms with Crippen molar-refractivity contribution in [1.82, 2.24) is 14.8 Å². The van der Waals surface area contributed by atoms with E-state index in [1.54, 1.807) is 28.9 Å². The Hall–Kier alpha value is -1.83. The Morgan fingerprint density at radius 1 is 1.39 bits per heavy atom. The molecule has 0 aliphatic rings. The van der Waals surface area contributed by atoms with Gasteiger partial charge in [0, 0.05) is 11.4 Å². The van der Waals surface area contributed by atoms with E-state index < -0.39 is 5.60 Å². The highest BCUT2D eigenvalue weighted by Gasteiger charge is 2.29. The van der Waals surface area contributed by atoms with E-state index >= 15 is 0 Å². The summed E-state index contributed by atoms with van der Waals surface area (Å²) in [6.45, 7) is 0.249. The van der Waals surface area contributed by atoms with Crippen LogP contribution in [-0.4, -0.2) is 19.9 Å². The molecule has 0 fully saturated rings. The maximum atomic E-state index is 10.7. The van der Waals surface area contributed by atoms with Gasteiger partial charge in [-0.3, -0.25) is 0 Å². The second-order valence-corrected chi connectivity index (χ2v) is 4.45. The molecule has 1 atom stereocenters. The predicted octanol–water partition coefficient (Wildman–Crippen LogP) is 1.84. The molecule has 0 amide bonds. The summed E-state index contributed by atoms with van der Waals surface area (Å²) in [4.78, 5) is 3.84. The molecule has 0 saturated carbocycles. The Kier molecular flexibility index (Phi) is 3.66. The molecule has 2 aromatic rings. The van der Waals surface area contributed by atoms with Crippen LogP contribution in [0.5, 0.6) is 0 Å². The van der Waals surface area contributed by atoms with Gasteiger partial charge in [0.25, 0.3) is 0 Å². The van der Waals surface area contributed by atoms with Gasteiger partial charge in [-0.2, -0.15) is 5.10 Å². The molecule has 5 heteroatoms. The van der Waals surface area contributed by atoms with Gasteiger partial charge in [0.2, 0.25) is 0 Å². The van der Waals surface area contributed by atoms with Crippen LogP contribution < -0.4 is 0 Å². The standard InChI is InChI=1S/C13H12ClN3O/c1-2-7-13(18,8-17-10-15-9-16-17)11-3-5-12(14)6-4-11/h1,3-6,9-10,18H,7-8H2. The molecule has 92 valence electrons. The highest BCUT2D eigenvalue weighted by molar-refractivity contribution is 6.30. The van der Waals surface area contributed by atoms with Crippen LogP contribution in [0, 0.1) is 12.3 Å². The summed E-state index contributed by atoms with van der Waals surface area (Å²) >= 11 is 5.83. The predicted molar refractivity (Wildman–Crippen MR) is 68.8 cm³/mol. The van der Waals surface area contributed by atoms with Crippen molar-refractivity contribution in [2.75, 3.05) is 0 Å². The minimum absolute atomic E-state index is 0.189.